The number of benzene rings is 12. The molecule has 0 aliphatic heterocycles. The number of fused-ring (bicyclic) bond motifs is 6. The summed E-state index contributed by atoms with van der Waals surface area (Å²) in [5.74, 6) is 1.28. The Kier molecular flexibility index (Phi) is 14.7. The number of nitriles is 7. The molecule has 0 atom stereocenters. The topological polar surface area (TPSA) is 224 Å². The van der Waals surface area contributed by atoms with E-state index in [0.29, 0.717) is 140 Å². The maximum atomic E-state index is 12.0. The average molecular weight is 1250 g/mol. The van der Waals surface area contributed by atoms with E-state index in [2.05, 4.69) is 56.7 Å². The van der Waals surface area contributed by atoms with Gasteiger partial charge in [-0.2, -0.15) is 36.8 Å². The highest BCUT2D eigenvalue weighted by atomic mass is 15.0. The zero-order valence-electron chi connectivity index (χ0n) is 51.4. The number of aromatic nitrogens is 5. The van der Waals surface area contributed by atoms with Crippen LogP contribution in [0.5, 0.6) is 0 Å². The number of hydrogen-bond donors (Lipinski definition) is 0. The third kappa shape index (κ3) is 10.1. The van der Waals surface area contributed by atoms with Crippen LogP contribution in [0.3, 0.4) is 0 Å². The molecule has 14 nitrogen and oxygen atoms in total. The van der Waals surface area contributed by atoms with E-state index in [0.717, 1.165) is 54.7 Å². The van der Waals surface area contributed by atoms with Gasteiger partial charge in [0.1, 0.15) is 6.07 Å². The minimum absolute atomic E-state index is 0.301. The van der Waals surface area contributed by atoms with Crippen LogP contribution in [-0.2, 0) is 0 Å². The zero-order valence-corrected chi connectivity index (χ0v) is 51.4. The Morgan fingerprint density at radius 2 is 0.694 bits per heavy atom. The molecule has 0 saturated heterocycles. The Morgan fingerprint density at radius 3 is 1.14 bits per heavy atom. The SMILES string of the molecule is [C-]#[N+]c1ccc(-c2ccc3c(c2)c2cc(-c4ccc(C#N)cc4[N+]#[C-])ccc2n3-c2cc(-c3nc(-c4ccccc4)nc(-c4ccccc4)n3)ccc2-c2cccc(-n3c4ccc(-c5ccc(C#N)cc5C#N)cc4c4cc(-c5ccc(C#N)cc5C#N)ccc43)c2C#N)c(C#N)c1. The molecule has 15 rings (SSSR count). The van der Waals surface area contributed by atoms with Crippen LogP contribution in [0, 0.1) is 92.5 Å². The van der Waals surface area contributed by atoms with Gasteiger partial charge >= 0.3 is 0 Å². The zero-order chi connectivity index (χ0) is 67.1. The lowest BCUT2D eigenvalue weighted by atomic mass is 9.95. The summed E-state index contributed by atoms with van der Waals surface area (Å²) in [7, 11) is 0. The quantitative estimate of drug-likeness (QED) is 0.118. The van der Waals surface area contributed by atoms with Gasteiger partial charge in [0.05, 0.1) is 111 Å². The van der Waals surface area contributed by atoms with Crippen molar-refractivity contribution < 1.29 is 0 Å². The predicted molar refractivity (Wildman–Crippen MR) is 378 cm³/mol. The fourth-order valence-electron chi connectivity index (χ4n) is 13.1. The molecule has 3 heterocycles. The molecular weight excluding hydrogens is 1210 g/mol. The molecule has 98 heavy (non-hydrogen) atoms. The molecule has 15 aromatic rings. The maximum Gasteiger partial charge on any atom is 0.196 e. The minimum atomic E-state index is 0.301. The Morgan fingerprint density at radius 1 is 0.286 bits per heavy atom. The summed E-state index contributed by atoms with van der Waals surface area (Å²) in [5.41, 5.74) is 15.7. The lowest BCUT2D eigenvalue weighted by molar-refractivity contribution is 1.07. The van der Waals surface area contributed by atoms with Crippen molar-refractivity contribution >= 4 is 55.0 Å². The Hall–Kier alpha value is -15.3. The number of hydrogen-bond acceptors (Lipinski definition) is 10. The predicted octanol–water partition coefficient (Wildman–Crippen LogP) is 19.6. The van der Waals surface area contributed by atoms with Gasteiger partial charge in [-0.05, 0) is 148 Å². The van der Waals surface area contributed by atoms with Crippen molar-refractivity contribution in [2.45, 2.75) is 0 Å². The van der Waals surface area contributed by atoms with Crippen LogP contribution >= 0.6 is 0 Å². The van der Waals surface area contributed by atoms with Gasteiger partial charge in [0.15, 0.2) is 28.8 Å². The minimum Gasteiger partial charge on any atom is -0.309 e. The van der Waals surface area contributed by atoms with Crippen LogP contribution in [0.2, 0.25) is 0 Å². The number of nitrogens with zero attached hydrogens (tertiary/aromatic N) is 14. The van der Waals surface area contributed by atoms with E-state index < -0.39 is 0 Å². The fourth-order valence-corrected chi connectivity index (χ4v) is 13.1. The van der Waals surface area contributed by atoms with Crippen LogP contribution in [0.4, 0.5) is 11.4 Å². The first kappa shape index (κ1) is 59.0. The molecule has 0 unspecified atom stereocenters. The highest BCUT2D eigenvalue weighted by Gasteiger charge is 2.26. The van der Waals surface area contributed by atoms with Gasteiger partial charge in [-0.1, -0.05) is 140 Å². The Balaban J connectivity index is 1.02. The monoisotopic (exact) mass is 1240 g/mol. The summed E-state index contributed by atoms with van der Waals surface area (Å²) >= 11 is 0. The second-order valence-electron chi connectivity index (χ2n) is 23.1. The second kappa shape index (κ2) is 24.4. The van der Waals surface area contributed by atoms with Gasteiger partial charge in [-0.3, -0.25) is 0 Å². The van der Waals surface area contributed by atoms with Crippen molar-refractivity contribution in [3.05, 3.63) is 304 Å². The molecule has 0 aliphatic rings. The molecule has 0 bridgehead atoms. The first-order chi connectivity index (χ1) is 48.1. The normalized spacial score (nSPS) is 10.8. The smallest absolute Gasteiger partial charge is 0.196 e. The van der Waals surface area contributed by atoms with Crippen molar-refractivity contribution in [2.75, 3.05) is 0 Å². The van der Waals surface area contributed by atoms with E-state index in [9.17, 15) is 36.8 Å². The molecule has 14 heteroatoms. The van der Waals surface area contributed by atoms with Crippen LogP contribution in [0.25, 0.3) is 154 Å². The molecule has 0 N–H and O–H groups in total. The van der Waals surface area contributed by atoms with Crippen molar-refractivity contribution in [3.63, 3.8) is 0 Å². The lowest BCUT2D eigenvalue weighted by Crippen LogP contribution is -2.04. The Bertz CT molecular complexity index is 6050. The van der Waals surface area contributed by atoms with Crippen LogP contribution < -0.4 is 0 Å². The summed E-state index contributed by atoms with van der Waals surface area (Å²) < 4.78 is 4.19. The first-order valence-electron chi connectivity index (χ1n) is 30.6. The van der Waals surface area contributed by atoms with Gasteiger partial charge in [-0.25, -0.2) is 24.6 Å². The van der Waals surface area contributed by atoms with Crippen LogP contribution in [0.15, 0.2) is 243 Å². The maximum absolute atomic E-state index is 12.0. The molecule has 3 aromatic heterocycles. The van der Waals surface area contributed by atoms with Gasteiger partial charge < -0.3 is 9.13 Å². The van der Waals surface area contributed by atoms with Crippen LogP contribution in [-0.4, -0.2) is 24.1 Å². The first-order valence-corrected chi connectivity index (χ1v) is 30.6. The van der Waals surface area contributed by atoms with E-state index in [1.165, 1.54) is 0 Å². The van der Waals surface area contributed by atoms with Crippen molar-refractivity contribution in [1.29, 1.82) is 36.8 Å². The average Bonchev–Trinajstić information content (AvgIpc) is 1.55. The lowest BCUT2D eigenvalue weighted by Gasteiger charge is -2.19. The van der Waals surface area contributed by atoms with Crippen molar-refractivity contribution in [2.24, 2.45) is 0 Å². The van der Waals surface area contributed by atoms with Crippen molar-refractivity contribution in [3.8, 4) is 144 Å². The summed E-state index contributed by atoms with van der Waals surface area (Å²) in [4.78, 5) is 22.9. The summed E-state index contributed by atoms with van der Waals surface area (Å²) in [6, 6.07) is 90.9. The molecule has 0 aliphatic carbocycles. The number of rotatable bonds is 10. The summed E-state index contributed by atoms with van der Waals surface area (Å²) in [6.45, 7) is 16.0. The molecule has 0 spiro atoms. The van der Waals surface area contributed by atoms with E-state index in [-0.39, 0.29) is 0 Å². The van der Waals surface area contributed by atoms with Gasteiger partial charge in [-0.15, -0.1) is 0 Å². The molecule has 0 radical (unpaired) electrons. The third-order valence-corrected chi connectivity index (χ3v) is 17.7. The second-order valence-corrected chi connectivity index (χ2v) is 23.1. The van der Waals surface area contributed by atoms with Gasteiger partial charge in [0, 0.05) is 60.5 Å². The highest BCUT2D eigenvalue weighted by molar-refractivity contribution is 6.14. The van der Waals surface area contributed by atoms with E-state index >= 15 is 0 Å². The van der Waals surface area contributed by atoms with Gasteiger partial charge in [0.25, 0.3) is 0 Å². The highest BCUT2D eigenvalue weighted by Crippen LogP contribution is 2.46. The van der Waals surface area contributed by atoms with Crippen LogP contribution in [0.1, 0.15) is 38.9 Å². The van der Waals surface area contributed by atoms with Crippen molar-refractivity contribution in [1.82, 2.24) is 24.1 Å². The Labute approximate surface area is 560 Å². The molecule has 0 saturated carbocycles. The standard InChI is InChI=1S/C84H40N14/c1-92-63-24-29-66(62(37-63)48-90)57-22-32-79-72(40-57)73-41-58(67-27-18-52(45-87)36-75(67)93-2)23-33-80(73)98(79)81-42-59(84-95-82(53-10-5-3-6-11-53)94-83(96-84)54-12-7-4-8-13-54)19-28-69(81)68-14-9-15-76(74(68)49-91)97-77-30-20-55(64-25-16-50(43-85)34-60(64)46-88)38-70(77)71-39-56(21-31-78(71)97)65-26-17-51(44-86)35-61(65)47-89/h3-42H. The summed E-state index contributed by atoms with van der Waals surface area (Å²) in [6.07, 6.45) is 0. The van der Waals surface area contributed by atoms with E-state index in [1.54, 1.807) is 72.8 Å². The molecule has 0 amide bonds. The fraction of sp³-hybridized carbons (Fsp3) is 0. The molecule has 0 fully saturated rings. The molecule has 12 aromatic carbocycles. The third-order valence-electron chi connectivity index (χ3n) is 17.7. The van der Waals surface area contributed by atoms with E-state index in [1.807, 2.05) is 174 Å². The van der Waals surface area contributed by atoms with E-state index in [4.69, 9.17) is 28.1 Å². The summed E-state index contributed by atoms with van der Waals surface area (Å²) in [5, 5.41) is 75.9. The molecular formula is C84H40N14. The van der Waals surface area contributed by atoms with Gasteiger partial charge in [0.2, 0.25) is 0 Å². The largest absolute Gasteiger partial charge is 0.309 e. The molecule has 446 valence electrons.